The second-order valence-corrected chi connectivity index (χ2v) is 9.05. The lowest BCUT2D eigenvalue weighted by Crippen LogP contribution is -2.27. The van der Waals surface area contributed by atoms with Crippen molar-refractivity contribution in [1.82, 2.24) is 4.90 Å². The molecule has 0 unspecified atom stereocenters. The Hall–Kier alpha value is -5.31. The Labute approximate surface area is 229 Å². The van der Waals surface area contributed by atoms with Crippen molar-refractivity contribution in [2.45, 2.75) is 13.5 Å². The van der Waals surface area contributed by atoms with Gasteiger partial charge in [-0.05, 0) is 48.5 Å². The number of hydrogen-bond donors (Lipinski definition) is 0. The molecule has 0 atom stereocenters. The molecule has 0 saturated carbocycles. The second kappa shape index (κ2) is 11.6. The van der Waals surface area contributed by atoms with Gasteiger partial charge in [-0.1, -0.05) is 24.3 Å². The first-order valence-corrected chi connectivity index (χ1v) is 12.3. The van der Waals surface area contributed by atoms with Crippen LogP contribution in [0.1, 0.15) is 18.1 Å². The molecule has 0 spiro atoms. The molecular formula is C25H18N4O10S. The predicted octanol–water partition coefficient (Wildman–Crippen LogP) is 5.84. The Kier molecular flexibility index (Phi) is 8.04. The first-order chi connectivity index (χ1) is 19.1. The highest BCUT2D eigenvalue weighted by Crippen LogP contribution is 2.40. The zero-order valence-corrected chi connectivity index (χ0v) is 21.4. The summed E-state index contributed by atoms with van der Waals surface area (Å²) in [7, 11) is 0. The van der Waals surface area contributed by atoms with Crippen LogP contribution in [0.15, 0.2) is 65.6 Å². The number of rotatable bonds is 10. The van der Waals surface area contributed by atoms with E-state index in [-0.39, 0.29) is 46.6 Å². The third-order valence-electron chi connectivity index (χ3n) is 5.53. The van der Waals surface area contributed by atoms with Crippen molar-refractivity contribution in [3.05, 3.63) is 107 Å². The number of nitrogens with zero attached hydrogens (tertiary/aromatic N) is 4. The molecule has 3 aromatic carbocycles. The number of ether oxygens (including phenoxy) is 2. The SMILES string of the molecule is CCOc1cc(/C=C2/SC(=O)N(Cc3ccccc3[N+](=O)[O-])C2=O)ccc1Oc1ccc([N+](=O)[O-])cc1[N+](=O)[O-]. The summed E-state index contributed by atoms with van der Waals surface area (Å²) in [5.74, 6) is -0.656. The van der Waals surface area contributed by atoms with E-state index in [1.54, 1.807) is 13.0 Å². The molecule has 0 N–H and O–H groups in total. The first-order valence-electron chi connectivity index (χ1n) is 11.4. The average molecular weight is 567 g/mol. The van der Waals surface area contributed by atoms with Gasteiger partial charge in [0, 0.05) is 17.7 Å². The van der Waals surface area contributed by atoms with Gasteiger partial charge in [0.2, 0.25) is 5.75 Å². The van der Waals surface area contributed by atoms with Gasteiger partial charge in [0.05, 0.1) is 38.9 Å². The van der Waals surface area contributed by atoms with Crippen molar-refractivity contribution in [3.63, 3.8) is 0 Å². The summed E-state index contributed by atoms with van der Waals surface area (Å²) in [6.45, 7) is 1.61. The van der Waals surface area contributed by atoms with E-state index in [2.05, 4.69) is 0 Å². The number of carbonyl (C=O) groups excluding carboxylic acids is 2. The lowest BCUT2D eigenvalue weighted by Gasteiger charge is -2.13. The predicted molar refractivity (Wildman–Crippen MR) is 142 cm³/mol. The van der Waals surface area contributed by atoms with Crippen molar-refractivity contribution in [1.29, 1.82) is 0 Å². The van der Waals surface area contributed by atoms with Crippen molar-refractivity contribution < 1.29 is 33.8 Å². The smallest absolute Gasteiger partial charge is 0.318 e. The summed E-state index contributed by atoms with van der Waals surface area (Å²) in [5.41, 5.74) is -0.666. The van der Waals surface area contributed by atoms with E-state index in [9.17, 15) is 39.9 Å². The van der Waals surface area contributed by atoms with E-state index < -0.39 is 37.3 Å². The van der Waals surface area contributed by atoms with Gasteiger partial charge in [-0.2, -0.15) is 0 Å². The molecule has 1 saturated heterocycles. The summed E-state index contributed by atoms with van der Waals surface area (Å²) in [5, 5.41) is 33.2. The first kappa shape index (κ1) is 27.7. The lowest BCUT2D eigenvalue weighted by molar-refractivity contribution is -0.394. The molecular weight excluding hydrogens is 548 g/mol. The summed E-state index contributed by atoms with van der Waals surface area (Å²) in [6, 6.07) is 13.2. The van der Waals surface area contributed by atoms with Crippen LogP contribution in [-0.2, 0) is 11.3 Å². The van der Waals surface area contributed by atoms with Crippen LogP contribution < -0.4 is 9.47 Å². The van der Waals surface area contributed by atoms with E-state index in [0.717, 1.165) is 23.1 Å². The van der Waals surface area contributed by atoms with Crippen LogP contribution in [0.25, 0.3) is 6.08 Å². The zero-order chi connectivity index (χ0) is 29.0. The van der Waals surface area contributed by atoms with Crippen LogP contribution in [-0.4, -0.2) is 37.4 Å². The number of thioether (sulfide) groups is 1. The van der Waals surface area contributed by atoms with Gasteiger partial charge in [-0.3, -0.25) is 44.8 Å². The maximum absolute atomic E-state index is 13.0. The molecule has 1 heterocycles. The van der Waals surface area contributed by atoms with Gasteiger partial charge >= 0.3 is 5.69 Å². The van der Waals surface area contributed by atoms with Crippen molar-refractivity contribution in [3.8, 4) is 17.2 Å². The molecule has 40 heavy (non-hydrogen) atoms. The van der Waals surface area contributed by atoms with Gasteiger partial charge in [-0.25, -0.2) is 0 Å². The lowest BCUT2D eigenvalue weighted by atomic mass is 10.1. The maximum atomic E-state index is 13.0. The van der Waals surface area contributed by atoms with Gasteiger partial charge in [0.25, 0.3) is 22.5 Å². The summed E-state index contributed by atoms with van der Waals surface area (Å²) < 4.78 is 11.3. The molecule has 1 aliphatic rings. The van der Waals surface area contributed by atoms with E-state index in [0.29, 0.717) is 17.3 Å². The van der Waals surface area contributed by atoms with Gasteiger partial charge in [0.1, 0.15) is 0 Å². The molecule has 4 rings (SSSR count). The van der Waals surface area contributed by atoms with Gasteiger partial charge in [-0.15, -0.1) is 0 Å². The monoisotopic (exact) mass is 566 g/mol. The van der Waals surface area contributed by atoms with Crippen LogP contribution >= 0.6 is 11.8 Å². The van der Waals surface area contributed by atoms with Crippen LogP contribution in [0.5, 0.6) is 17.2 Å². The van der Waals surface area contributed by atoms with E-state index in [4.69, 9.17) is 9.47 Å². The fourth-order valence-electron chi connectivity index (χ4n) is 3.71. The molecule has 14 nitrogen and oxygen atoms in total. The molecule has 0 aromatic heterocycles. The quantitative estimate of drug-likeness (QED) is 0.163. The fraction of sp³-hybridized carbons (Fsp3) is 0.120. The highest BCUT2D eigenvalue weighted by atomic mass is 32.2. The minimum absolute atomic E-state index is 0.0699. The number of non-ortho nitro benzene ring substituents is 1. The Morgan fingerprint density at radius 2 is 1.55 bits per heavy atom. The number of nitro groups is 3. The van der Waals surface area contributed by atoms with Gasteiger partial charge < -0.3 is 9.47 Å². The third-order valence-corrected chi connectivity index (χ3v) is 6.43. The molecule has 15 heteroatoms. The average Bonchev–Trinajstić information content (AvgIpc) is 3.17. The molecule has 204 valence electrons. The van der Waals surface area contributed by atoms with Crippen molar-refractivity contribution in [2.24, 2.45) is 0 Å². The van der Waals surface area contributed by atoms with Crippen LogP contribution in [0, 0.1) is 30.3 Å². The van der Waals surface area contributed by atoms with E-state index >= 15 is 0 Å². The second-order valence-electron chi connectivity index (χ2n) is 8.06. The molecule has 3 aromatic rings. The molecule has 0 radical (unpaired) electrons. The largest absolute Gasteiger partial charge is 0.490 e. The number of carbonyl (C=O) groups is 2. The topological polar surface area (TPSA) is 185 Å². The summed E-state index contributed by atoms with van der Waals surface area (Å²) in [4.78, 5) is 58.1. The maximum Gasteiger partial charge on any atom is 0.318 e. The number of hydrogen-bond acceptors (Lipinski definition) is 11. The number of imide groups is 1. The highest BCUT2D eigenvalue weighted by molar-refractivity contribution is 8.18. The third kappa shape index (κ3) is 5.88. The van der Waals surface area contributed by atoms with E-state index in [1.807, 2.05) is 0 Å². The fourth-order valence-corrected chi connectivity index (χ4v) is 4.55. The minimum atomic E-state index is -0.808. The van der Waals surface area contributed by atoms with E-state index in [1.165, 1.54) is 42.5 Å². The van der Waals surface area contributed by atoms with Gasteiger partial charge in [0.15, 0.2) is 11.5 Å². The number of nitro benzene ring substituents is 3. The Balaban J connectivity index is 1.60. The molecule has 1 fully saturated rings. The Bertz CT molecular complexity index is 1590. The Morgan fingerprint density at radius 1 is 0.850 bits per heavy atom. The number of para-hydroxylation sites is 1. The highest BCUT2D eigenvalue weighted by Gasteiger charge is 2.36. The molecule has 0 aliphatic carbocycles. The molecule has 0 bridgehead atoms. The number of benzene rings is 3. The zero-order valence-electron chi connectivity index (χ0n) is 20.5. The Morgan fingerprint density at radius 3 is 2.23 bits per heavy atom. The normalized spacial score (nSPS) is 13.9. The van der Waals surface area contributed by atoms with Crippen LogP contribution in [0.3, 0.4) is 0 Å². The van der Waals surface area contributed by atoms with Crippen molar-refractivity contribution >= 4 is 46.0 Å². The minimum Gasteiger partial charge on any atom is -0.490 e. The molecule has 2 amide bonds. The number of amides is 2. The summed E-state index contributed by atoms with van der Waals surface area (Å²) >= 11 is 0.672. The van der Waals surface area contributed by atoms with Crippen LogP contribution in [0.2, 0.25) is 0 Å². The van der Waals surface area contributed by atoms with Crippen LogP contribution in [0.4, 0.5) is 21.9 Å². The standard InChI is InChI=1S/C25H18N4O10S/c1-2-38-22-11-15(7-9-21(22)39-20-10-8-17(27(32)33)13-19(20)29(36)37)12-23-24(30)26(25(31)40-23)14-16-5-3-4-6-18(16)28(34)35/h3-13H,2,14H2,1H3/b23-12+. The molecule has 1 aliphatic heterocycles. The van der Waals surface area contributed by atoms with Crippen molar-refractivity contribution in [2.75, 3.05) is 6.61 Å². The summed E-state index contributed by atoms with van der Waals surface area (Å²) in [6.07, 6.45) is 1.44.